The molecule has 1 N–H and O–H groups in total. The number of nitrogens with one attached hydrogen (secondary N) is 1. The van der Waals surface area contributed by atoms with Crippen molar-refractivity contribution in [3.05, 3.63) is 11.9 Å². The van der Waals surface area contributed by atoms with Crippen molar-refractivity contribution in [3.8, 4) is 0 Å². The molecule has 0 fully saturated rings. The van der Waals surface area contributed by atoms with Crippen LogP contribution in [0, 0.1) is 12.8 Å². The predicted molar refractivity (Wildman–Crippen MR) is 65.3 cm³/mol. The minimum absolute atomic E-state index is 0.464. The van der Waals surface area contributed by atoms with Crippen LogP contribution in [-0.4, -0.2) is 16.1 Å². The van der Waals surface area contributed by atoms with Crippen LogP contribution in [0.15, 0.2) is 6.20 Å². The summed E-state index contributed by atoms with van der Waals surface area (Å²) < 4.78 is 2.19. The molecule has 0 saturated carbocycles. The average Bonchev–Trinajstić information content (AvgIpc) is 2.56. The molecule has 0 bridgehead atoms. The van der Waals surface area contributed by atoms with E-state index in [9.17, 15) is 0 Å². The molecule has 0 spiro atoms. The molecule has 1 atom stereocenters. The van der Waals surface area contributed by atoms with Gasteiger partial charge in [0.05, 0.1) is 5.69 Å². The summed E-state index contributed by atoms with van der Waals surface area (Å²) in [5, 5.41) is 3.42. The standard InChI is InChI=1S/C12H23N3/c1-6-10(4)7-13-12-14-11(5)8-15(12)9(2)3/h8-10H,6-7H2,1-5H3,(H,13,14). The lowest BCUT2D eigenvalue weighted by Gasteiger charge is -2.14. The quantitative estimate of drug-likeness (QED) is 0.807. The fraction of sp³-hybridized carbons (Fsp3) is 0.750. The number of nitrogens with zero attached hydrogens (tertiary/aromatic N) is 2. The van der Waals surface area contributed by atoms with Gasteiger partial charge in [0, 0.05) is 18.8 Å². The highest BCUT2D eigenvalue weighted by molar-refractivity contribution is 5.29. The molecule has 0 radical (unpaired) electrons. The maximum absolute atomic E-state index is 4.49. The van der Waals surface area contributed by atoms with Gasteiger partial charge in [-0.15, -0.1) is 0 Å². The Hall–Kier alpha value is -0.990. The molecule has 0 aromatic carbocycles. The van der Waals surface area contributed by atoms with Gasteiger partial charge in [-0.2, -0.15) is 0 Å². The second-order valence-corrected chi connectivity index (χ2v) is 4.60. The number of aromatic nitrogens is 2. The molecule has 1 unspecified atom stereocenters. The molecule has 1 rings (SSSR count). The van der Waals surface area contributed by atoms with Crippen LogP contribution in [0.5, 0.6) is 0 Å². The summed E-state index contributed by atoms with van der Waals surface area (Å²) in [4.78, 5) is 4.49. The monoisotopic (exact) mass is 209 g/mol. The van der Waals surface area contributed by atoms with E-state index >= 15 is 0 Å². The highest BCUT2D eigenvalue weighted by Crippen LogP contribution is 2.15. The molecular weight excluding hydrogens is 186 g/mol. The molecular formula is C12H23N3. The van der Waals surface area contributed by atoms with E-state index in [-0.39, 0.29) is 0 Å². The summed E-state index contributed by atoms with van der Waals surface area (Å²) in [7, 11) is 0. The Bertz CT molecular complexity index is 302. The molecule has 1 heterocycles. The smallest absolute Gasteiger partial charge is 0.203 e. The van der Waals surface area contributed by atoms with Gasteiger partial charge in [-0.1, -0.05) is 20.3 Å². The second kappa shape index (κ2) is 5.19. The molecule has 0 aliphatic heterocycles. The van der Waals surface area contributed by atoms with Crippen LogP contribution in [0.2, 0.25) is 0 Å². The zero-order valence-electron chi connectivity index (χ0n) is 10.5. The van der Waals surface area contributed by atoms with Gasteiger partial charge in [0.25, 0.3) is 0 Å². The van der Waals surface area contributed by atoms with Gasteiger partial charge in [0.1, 0.15) is 0 Å². The van der Waals surface area contributed by atoms with E-state index in [2.05, 4.69) is 48.8 Å². The van der Waals surface area contributed by atoms with Crippen molar-refractivity contribution in [1.82, 2.24) is 9.55 Å². The van der Waals surface area contributed by atoms with Crippen molar-refractivity contribution in [2.75, 3.05) is 11.9 Å². The molecule has 3 heteroatoms. The van der Waals surface area contributed by atoms with Crippen LogP contribution in [-0.2, 0) is 0 Å². The first kappa shape index (κ1) is 12.1. The minimum atomic E-state index is 0.464. The highest BCUT2D eigenvalue weighted by Gasteiger charge is 2.08. The molecule has 0 aliphatic carbocycles. The Balaban J connectivity index is 2.67. The number of aryl methyl sites for hydroxylation is 1. The summed E-state index contributed by atoms with van der Waals surface area (Å²) in [6, 6.07) is 0.464. The van der Waals surface area contributed by atoms with Crippen molar-refractivity contribution in [2.45, 2.75) is 47.1 Å². The lowest BCUT2D eigenvalue weighted by molar-refractivity contribution is 0.572. The number of anilines is 1. The van der Waals surface area contributed by atoms with E-state index in [1.807, 2.05) is 6.92 Å². The normalized spacial score (nSPS) is 13.2. The topological polar surface area (TPSA) is 29.9 Å². The van der Waals surface area contributed by atoms with Crippen LogP contribution < -0.4 is 5.32 Å². The van der Waals surface area contributed by atoms with Crippen molar-refractivity contribution in [3.63, 3.8) is 0 Å². The number of hydrogen-bond donors (Lipinski definition) is 1. The minimum Gasteiger partial charge on any atom is -0.355 e. The van der Waals surface area contributed by atoms with Crippen LogP contribution >= 0.6 is 0 Å². The van der Waals surface area contributed by atoms with Crippen LogP contribution in [0.3, 0.4) is 0 Å². The Morgan fingerprint density at radius 3 is 2.60 bits per heavy atom. The SMILES string of the molecule is CCC(C)CNc1nc(C)cn1C(C)C. The van der Waals surface area contributed by atoms with Crippen molar-refractivity contribution >= 4 is 5.95 Å². The first-order valence-corrected chi connectivity index (χ1v) is 5.84. The van der Waals surface area contributed by atoms with E-state index in [1.54, 1.807) is 0 Å². The molecule has 1 aromatic heterocycles. The maximum atomic E-state index is 4.49. The molecule has 0 saturated heterocycles. The zero-order chi connectivity index (χ0) is 11.4. The summed E-state index contributed by atoms with van der Waals surface area (Å²) in [6.07, 6.45) is 3.30. The molecule has 86 valence electrons. The number of rotatable bonds is 5. The highest BCUT2D eigenvalue weighted by atomic mass is 15.2. The largest absolute Gasteiger partial charge is 0.355 e. The third kappa shape index (κ3) is 3.26. The van der Waals surface area contributed by atoms with Crippen molar-refractivity contribution in [2.24, 2.45) is 5.92 Å². The third-order valence-electron chi connectivity index (χ3n) is 2.71. The van der Waals surface area contributed by atoms with E-state index in [4.69, 9.17) is 0 Å². The van der Waals surface area contributed by atoms with Gasteiger partial charge in [0.15, 0.2) is 0 Å². The summed E-state index contributed by atoms with van der Waals surface area (Å²) in [6.45, 7) is 11.9. The Labute approximate surface area is 92.9 Å². The molecule has 0 amide bonds. The molecule has 15 heavy (non-hydrogen) atoms. The fourth-order valence-corrected chi connectivity index (χ4v) is 1.45. The van der Waals surface area contributed by atoms with E-state index in [1.165, 1.54) is 6.42 Å². The zero-order valence-corrected chi connectivity index (χ0v) is 10.5. The summed E-state index contributed by atoms with van der Waals surface area (Å²) in [5.74, 6) is 1.70. The van der Waals surface area contributed by atoms with Crippen LogP contribution in [0.25, 0.3) is 0 Å². The van der Waals surface area contributed by atoms with E-state index in [0.29, 0.717) is 12.0 Å². The Morgan fingerprint density at radius 1 is 1.40 bits per heavy atom. The van der Waals surface area contributed by atoms with E-state index in [0.717, 1.165) is 18.2 Å². The van der Waals surface area contributed by atoms with Crippen LogP contribution in [0.4, 0.5) is 5.95 Å². The molecule has 0 aliphatic rings. The molecule has 3 nitrogen and oxygen atoms in total. The first-order valence-electron chi connectivity index (χ1n) is 5.84. The summed E-state index contributed by atoms with van der Waals surface area (Å²) >= 11 is 0. The number of imidazole rings is 1. The van der Waals surface area contributed by atoms with Gasteiger partial charge < -0.3 is 9.88 Å². The Morgan fingerprint density at radius 2 is 2.07 bits per heavy atom. The fourth-order valence-electron chi connectivity index (χ4n) is 1.45. The van der Waals surface area contributed by atoms with Crippen molar-refractivity contribution < 1.29 is 0 Å². The molecule has 1 aromatic rings. The lowest BCUT2D eigenvalue weighted by atomic mass is 10.1. The van der Waals surface area contributed by atoms with Crippen LogP contribution in [0.1, 0.15) is 45.9 Å². The van der Waals surface area contributed by atoms with Crippen molar-refractivity contribution in [1.29, 1.82) is 0 Å². The number of hydrogen-bond acceptors (Lipinski definition) is 2. The van der Waals surface area contributed by atoms with Gasteiger partial charge in [-0.25, -0.2) is 4.98 Å². The first-order chi connectivity index (χ1) is 7.04. The van der Waals surface area contributed by atoms with Gasteiger partial charge in [-0.05, 0) is 26.7 Å². The van der Waals surface area contributed by atoms with Gasteiger partial charge in [0.2, 0.25) is 5.95 Å². The lowest BCUT2D eigenvalue weighted by Crippen LogP contribution is -2.14. The third-order valence-corrected chi connectivity index (χ3v) is 2.71. The second-order valence-electron chi connectivity index (χ2n) is 4.60. The van der Waals surface area contributed by atoms with E-state index < -0.39 is 0 Å². The van der Waals surface area contributed by atoms with Gasteiger partial charge in [-0.3, -0.25) is 0 Å². The van der Waals surface area contributed by atoms with Gasteiger partial charge >= 0.3 is 0 Å². The average molecular weight is 209 g/mol. The Kier molecular flexibility index (Phi) is 4.18. The maximum Gasteiger partial charge on any atom is 0.203 e. The summed E-state index contributed by atoms with van der Waals surface area (Å²) in [5.41, 5.74) is 1.08. The predicted octanol–water partition coefficient (Wildman–Crippen LogP) is 3.23.